The molecule has 3 aromatic heterocycles. The molecule has 0 spiro atoms. The van der Waals surface area contributed by atoms with E-state index in [0.29, 0.717) is 54.7 Å². The Bertz CT molecular complexity index is 1320. The van der Waals surface area contributed by atoms with Crippen molar-refractivity contribution in [1.29, 1.82) is 0 Å². The SMILES string of the molecule is Cc1ccncc1-c1cc(N)c2nnc(Nc3ccc(C(=O)N4CCOCC4)cn3)cc2c1. The van der Waals surface area contributed by atoms with Gasteiger partial charge in [0, 0.05) is 42.6 Å². The number of carbonyl (C=O) groups excluding carboxylic acids is 1. The molecule has 0 unspecified atom stereocenters. The number of amides is 1. The van der Waals surface area contributed by atoms with Gasteiger partial charge in [-0.1, -0.05) is 0 Å². The number of anilines is 3. The molecule has 166 valence electrons. The number of pyridine rings is 2. The third kappa shape index (κ3) is 4.31. The van der Waals surface area contributed by atoms with E-state index in [-0.39, 0.29) is 5.91 Å². The number of aryl methyl sites for hydroxylation is 1. The van der Waals surface area contributed by atoms with Gasteiger partial charge in [-0.05, 0) is 54.4 Å². The minimum Gasteiger partial charge on any atom is -0.397 e. The largest absolute Gasteiger partial charge is 0.397 e. The van der Waals surface area contributed by atoms with Crippen LogP contribution in [0.3, 0.4) is 0 Å². The van der Waals surface area contributed by atoms with Gasteiger partial charge in [0.1, 0.15) is 11.3 Å². The lowest BCUT2D eigenvalue weighted by molar-refractivity contribution is 0.0302. The molecule has 33 heavy (non-hydrogen) atoms. The number of carbonyl (C=O) groups is 1. The lowest BCUT2D eigenvalue weighted by Gasteiger charge is -2.26. The normalized spacial score (nSPS) is 13.8. The van der Waals surface area contributed by atoms with E-state index in [1.165, 1.54) is 0 Å². The molecule has 1 amide bonds. The van der Waals surface area contributed by atoms with E-state index in [1.54, 1.807) is 29.4 Å². The van der Waals surface area contributed by atoms with Crippen LogP contribution in [-0.4, -0.2) is 57.3 Å². The quantitative estimate of drug-likeness (QED) is 0.464. The molecule has 3 N–H and O–H groups in total. The van der Waals surface area contributed by atoms with Gasteiger partial charge in [0.2, 0.25) is 0 Å². The van der Waals surface area contributed by atoms with Crippen LogP contribution in [0.15, 0.2) is 55.0 Å². The third-order valence-electron chi connectivity index (χ3n) is 5.63. The van der Waals surface area contributed by atoms with E-state index >= 15 is 0 Å². The zero-order valence-electron chi connectivity index (χ0n) is 18.2. The highest BCUT2D eigenvalue weighted by Gasteiger charge is 2.18. The summed E-state index contributed by atoms with van der Waals surface area (Å²) in [6.45, 7) is 4.34. The number of rotatable bonds is 4. The van der Waals surface area contributed by atoms with Crippen LogP contribution in [0.1, 0.15) is 15.9 Å². The Morgan fingerprint density at radius 3 is 2.67 bits per heavy atom. The minimum absolute atomic E-state index is 0.0449. The fourth-order valence-electron chi connectivity index (χ4n) is 3.84. The summed E-state index contributed by atoms with van der Waals surface area (Å²) in [6.07, 6.45) is 5.16. The molecule has 9 heteroatoms. The molecular weight excluding hydrogens is 418 g/mol. The van der Waals surface area contributed by atoms with Crippen molar-refractivity contribution in [3.63, 3.8) is 0 Å². The molecule has 1 saturated heterocycles. The Labute approximate surface area is 190 Å². The predicted octanol–water partition coefficient (Wildman–Crippen LogP) is 3.19. The number of fused-ring (bicyclic) bond motifs is 1. The first kappa shape index (κ1) is 20.8. The van der Waals surface area contributed by atoms with Crippen molar-refractivity contribution in [3.05, 3.63) is 66.1 Å². The molecule has 0 bridgehead atoms. The number of nitrogens with zero attached hydrogens (tertiary/aromatic N) is 5. The number of aromatic nitrogens is 4. The molecule has 5 rings (SSSR count). The maximum absolute atomic E-state index is 12.6. The highest BCUT2D eigenvalue weighted by atomic mass is 16.5. The van der Waals surface area contributed by atoms with Gasteiger partial charge in [0.15, 0.2) is 5.82 Å². The van der Waals surface area contributed by atoms with Crippen molar-refractivity contribution >= 4 is 34.1 Å². The first-order valence-corrected chi connectivity index (χ1v) is 10.7. The van der Waals surface area contributed by atoms with Gasteiger partial charge < -0.3 is 20.7 Å². The average molecular weight is 441 g/mol. The van der Waals surface area contributed by atoms with Crippen molar-refractivity contribution < 1.29 is 9.53 Å². The van der Waals surface area contributed by atoms with Crippen LogP contribution in [0.5, 0.6) is 0 Å². The number of ether oxygens (including phenoxy) is 1. The smallest absolute Gasteiger partial charge is 0.255 e. The molecule has 9 nitrogen and oxygen atoms in total. The van der Waals surface area contributed by atoms with Crippen LogP contribution in [0.4, 0.5) is 17.3 Å². The molecule has 1 fully saturated rings. The molecule has 1 aliphatic rings. The highest BCUT2D eigenvalue weighted by molar-refractivity contribution is 5.95. The maximum atomic E-state index is 12.6. The number of nitrogens with one attached hydrogen (secondary N) is 1. The van der Waals surface area contributed by atoms with Gasteiger partial charge >= 0.3 is 0 Å². The number of nitrogen functional groups attached to an aromatic ring is 1. The first-order valence-electron chi connectivity index (χ1n) is 10.7. The summed E-state index contributed by atoms with van der Waals surface area (Å²) in [5.74, 6) is 1.05. The standard InChI is InChI=1S/C24H23N7O2/c1-15-4-5-26-14-19(15)17-10-18-12-22(29-30-23(18)20(25)11-17)28-21-3-2-16(13-27-21)24(32)31-6-8-33-9-7-31/h2-5,10-14H,6-9,25H2,1H3,(H,27,28,29). The van der Waals surface area contributed by atoms with Crippen molar-refractivity contribution in [2.75, 3.05) is 37.4 Å². The average Bonchev–Trinajstić information content (AvgIpc) is 2.85. The second-order valence-electron chi connectivity index (χ2n) is 7.89. The van der Waals surface area contributed by atoms with Crippen molar-refractivity contribution in [3.8, 4) is 11.1 Å². The lowest BCUT2D eigenvalue weighted by Crippen LogP contribution is -2.40. The summed E-state index contributed by atoms with van der Waals surface area (Å²) in [4.78, 5) is 23.0. The monoisotopic (exact) mass is 441 g/mol. The van der Waals surface area contributed by atoms with Crippen LogP contribution >= 0.6 is 0 Å². The maximum Gasteiger partial charge on any atom is 0.255 e. The first-order chi connectivity index (χ1) is 16.1. The van der Waals surface area contributed by atoms with Crippen molar-refractivity contribution in [2.45, 2.75) is 6.92 Å². The Hall–Kier alpha value is -4.11. The molecule has 0 saturated carbocycles. The fraction of sp³-hybridized carbons (Fsp3) is 0.208. The van der Waals surface area contributed by atoms with Gasteiger partial charge in [-0.15, -0.1) is 10.2 Å². The van der Waals surface area contributed by atoms with Crippen LogP contribution in [0, 0.1) is 6.92 Å². The molecule has 0 atom stereocenters. The lowest BCUT2D eigenvalue weighted by atomic mass is 10.0. The van der Waals surface area contributed by atoms with E-state index in [0.717, 1.165) is 22.1 Å². The summed E-state index contributed by atoms with van der Waals surface area (Å²) in [7, 11) is 0. The molecule has 4 heterocycles. The molecule has 1 aliphatic heterocycles. The second-order valence-corrected chi connectivity index (χ2v) is 7.89. The van der Waals surface area contributed by atoms with Crippen LogP contribution in [0.2, 0.25) is 0 Å². The molecule has 4 aromatic rings. The van der Waals surface area contributed by atoms with E-state index < -0.39 is 0 Å². The van der Waals surface area contributed by atoms with Crippen LogP contribution in [0.25, 0.3) is 22.0 Å². The van der Waals surface area contributed by atoms with Crippen LogP contribution in [-0.2, 0) is 4.74 Å². The van der Waals surface area contributed by atoms with E-state index in [9.17, 15) is 4.79 Å². The Morgan fingerprint density at radius 1 is 1.06 bits per heavy atom. The van der Waals surface area contributed by atoms with Gasteiger partial charge in [-0.25, -0.2) is 4.98 Å². The number of hydrogen-bond donors (Lipinski definition) is 2. The summed E-state index contributed by atoms with van der Waals surface area (Å²) < 4.78 is 5.30. The Morgan fingerprint density at radius 2 is 1.91 bits per heavy atom. The number of hydrogen-bond acceptors (Lipinski definition) is 8. The third-order valence-corrected chi connectivity index (χ3v) is 5.63. The minimum atomic E-state index is -0.0449. The van der Waals surface area contributed by atoms with E-state index in [2.05, 4.69) is 25.5 Å². The summed E-state index contributed by atoms with van der Waals surface area (Å²) in [6, 6.07) is 11.3. The molecule has 0 aliphatic carbocycles. The Balaban J connectivity index is 1.39. The second kappa shape index (κ2) is 8.79. The van der Waals surface area contributed by atoms with Crippen molar-refractivity contribution in [1.82, 2.24) is 25.1 Å². The van der Waals surface area contributed by atoms with Crippen LogP contribution < -0.4 is 11.1 Å². The summed E-state index contributed by atoms with van der Waals surface area (Å²) in [5, 5.41) is 12.5. The predicted molar refractivity (Wildman–Crippen MR) is 126 cm³/mol. The highest BCUT2D eigenvalue weighted by Crippen LogP contribution is 2.30. The van der Waals surface area contributed by atoms with Gasteiger partial charge in [0.25, 0.3) is 5.91 Å². The molecular formula is C24H23N7O2. The number of benzene rings is 1. The molecule has 0 radical (unpaired) electrons. The van der Waals surface area contributed by atoms with Gasteiger partial charge in [-0.3, -0.25) is 9.78 Å². The topological polar surface area (TPSA) is 119 Å². The summed E-state index contributed by atoms with van der Waals surface area (Å²) in [5.41, 5.74) is 11.1. The zero-order chi connectivity index (χ0) is 22.8. The number of nitrogens with two attached hydrogens (primary N) is 1. The molecule has 1 aromatic carbocycles. The van der Waals surface area contributed by atoms with E-state index in [1.807, 2.05) is 37.4 Å². The van der Waals surface area contributed by atoms with Crippen molar-refractivity contribution in [2.24, 2.45) is 0 Å². The zero-order valence-corrected chi connectivity index (χ0v) is 18.2. The van der Waals surface area contributed by atoms with E-state index in [4.69, 9.17) is 10.5 Å². The van der Waals surface area contributed by atoms with Gasteiger partial charge in [0.05, 0.1) is 24.5 Å². The summed E-state index contributed by atoms with van der Waals surface area (Å²) >= 11 is 0. The fourth-order valence-corrected chi connectivity index (χ4v) is 3.84. The Kier molecular flexibility index (Phi) is 5.54. The number of morpholine rings is 1. The van der Waals surface area contributed by atoms with Gasteiger partial charge in [-0.2, -0.15) is 0 Å².